The van der Waals surface area contributed by atoms with Crippen LogP contribution in [-0.4, -0.2) is 17.6 Å². The lowest BCUT2D eigenvalue weighted by Gasteiger charge is -2.10. The Hall–Kier alpha value is -1.89. The Morgan fingerprint density at radius 3 is 2.20 bits per heavy atom. The van der Waals surface area contributed by atoms with Gasteiger partial charge in [-0.3, -0.25) is 9.59 Å². The maximum Gasteiger partial charge on any atom is 0.257 e. The van der Waals surface area contributed by atoms with Crippen molar-refractivity contribution >= 4 is 81.4 Å². The highest BCUT2D eigenvalue weighted by atomic mass is 35.5. The number of hydrogen-bond acceptors (Lipinski definition) is 3. The number of rotatable bonds is 6. The van der Waals surface area contributed by atoms with E-state index in [2.05, 4.69) is 10.6 Å². The molecular formula is C21H14Cl4N2O2S. The average Bonchev–Trinajstić information content (AvgIpc) is 2.69. The third-order valence-corrected chi connectivity index (χ3v) is 5.93. The largest absolute Gasteiger partial charge is 0.324 e. The quantitative estimate of drug-likeness (QED) is 0.350. The zero-order chi connectivity index (χ0) is 21.7. The van der Waals surface area contributed by atoms with Crippen LogP contribution < -0.4 is 10.6 Å². The normalized spacial score (nSPS) is 10.5. The van der Waals surface area contributed by atoms with Crippen LogP contribution in [0.2, 0.25) is 20.1 Å². The third kappa shape index (κ3) is 6.30. The molecule has 0 radical (unpaired) electrons. The maximum atomic E-state index is 12.5. The first-order chi connectivity index (χ1) is 14.3. The Morgan fingerprint density at radius 1 is 0.800 bits per heavy atom. The van der Waals surface area contributed by atoms with Crippen molar-refractivity contribution in [1.82, 2.24) is 0 Å². The zero-order valence-electron chi connectivity index (χ0n) is 15.2. The molecule has 0 heterocycles. The van der Waals surface area contributed by atoms with Crippen LogP contribution in [0.15, 0.2) is 65.6 Å². The summed E-state index contributed by atoms with van der Waals surface area (Å²) in [5.41, 5.74) is 1.39. The molecule has 0 spiro atoms. The lowest BCUT2D eigenvalue weighted by Crippen LogP contribution is -2.14. The molecule has 30 heavy (non-hydrogen) atoms. The molecule has 0 aliphatic rings. The predicted octanol–water partition coefficient (Wildman–Crippen LogP) is 7.28. The molecule has 9 heteroatoms. The van der Waals surface area contributed by atoms with E-state index in [0.717, 1.165) is 4.90 Å². The third-order valence-electron chi connectivity index (χ3n) is 3.84. The number of hydrogen-bond donors (Lipinski definition) is 2. The van der Waals surface area contributed by atoms with Crippen molar-refractivity contribution in [3.05, 3.63) is 86.3 Å². The van der Waals surface area contributed by atoms with E-state index >= 15 is 0 Å². The van der Waals surface area contributed by atoms with Gasteiger partial charge in [-0.05, 0) is 54.6 Å². The second-order valence-corrected chi connectivity index (χ2v) is 8.80. The molecule has 2 amide bonds. The zero-order valence-corrected chi connectivity index (χ0v) is 19.1. The van der Waals surface area contributed by atoms with Crippen LogP contribution in [0.4, 0.5) is 11.4 Å². The molecule has 0 saturated carbocycles. The van der Waals surface area contributed by atoms with Gasteiger partial charge in [-0.1, -0.05) is 52.5 Å². The van der Waals surface area contributed by atoms with Crippen molar-refractivity contribution < 1.29 is 9.59 Å². The van der Waals surface area contributed by atoms with Crippen LogP contribution in [0.1, 0.15) is 10.4 Å². The minimum Gasteiger partial charge on any atom is -0.324 e. The van der Waals surface area contributed by atoms with E-state index in [1.165, 1.54) is 17.8 Å². The highest BCUT2D eigenvalue weighted by Gasteiger charge is 2.12. The van der Waals surface area contributed by atoms with Crippen molar-refractivity contribution in [1.29, 1.82) is 0 Å². The first-order valence-electron chi connectivity index (χ1n) is 8.56. The van der Waals surface area contributed by atoms with E-state index < -0.39 is 0 Å². The van der Waals surface area contributed by atoms with Crippen LogP contribution in [-0.2, 0) is 4.79 Å². The Labute approximate surface area is 197 Å². The van der Waals surface area contributed by atoms with E-state index in [-0.39, 0.29) is 22.6 Å². The molecule has 0 fully saturated rings. The average molecular weight is 500 g/mol. The van der Waals surface area contributed by atoms with Crippen molar-refractivity contribution in [3.63, 3.8) is 0 Å². The van der Waals surface area contributed by atoms with Gasteiger partial charge in [0.2, 0.25) is 5.91 Å². The minimum atomic E-state index is -0.353. The number of carbonyl (C=O) groups is 2. The first kappa shape index (κ1) is 22.8. The summed E-state index contributed by atoms with van der Waals surface area (Å²) >= 11 is 25.2. The second kappa shape index (κ2) is 10.4. The van der Waals surface area contributed by atoms with Crippen molar-refractivity contribution in [3.8, 4) is 0 Å². The fourth-order valence-electron chi connectivity index (χ4n) is 2.46. The first-order valence-corrected chi connectivity index (χ1v) is 11.1. The molecule has 0 aliphatic carbocycles. The van der Waals surface area contributed by atoms with Crippen molar-refractivity contribution in [2.75, 3.05) is 16.4 Å². The molecule has 2 N–H and O–H groups in total. The molecule has 0 bridgehead atoms. The molecule has 154 valence electrons. The number of thioether (sulfide) groups is 1. The molecule has 0 saturated heterocycles. The van der Waals surface area contributed by atoms with Gasteiger partial charge < -0.3 is 10.6 Å². The fraction of sp³-hybridized carbons (Fsp3) is 0.0476. The Balaban J connectivity index is 1.59. The van der Waals surface area contributed by atoms with E-state index in [1.807, 2.05) is 6.07 Å². The summed E-state index contributed by atoms with van der Waals surface area (Å²) in [6, 6.07) is 16.7. The molecular weight excluding hydrogens is 486 g/mol. The van der Waals surface area contributed by atoms with Crippen LogP contribution >= 0.6 is 58.2 Å². The lowest BCUT2D eigenvalue weighted by atomic mass is 10.2. The van der Waals surface area contributed by atoms with Gasteiger partial charge in [0.15, 0.2) is 0 Å². The SMILES string of the molecule is O=C(CSc1cccc(NC(=O)c2ccc(Cl)cc2Cl)c1)Nc1ccc(Cl)cc1Cl. The van der Waals surface area contributed by atoms with Gasteiger partial charge in [0.05, 0.1) is 27.0 Å². The number of halogens is 4. The smallest absolute Gasteiger partial charge is 0.257 e. The standard InChI is InChI=1S/C21H14Cl4N2O2S/c22-12-4-6-16(17(24)8-12)21(29)26-14-2-1-3-15(10-14)30-11-20(28)27-19-7-5-13(23)9-18(19)25/h1-10H,11H2,(H,26,29)(H,27,28). The number of anilines is 2. The topological polar surface area (TPSA) is 58.2 Å². The lowest BCUT2D eigenvalue weighted by molar-refractivity contribution is -0.113. The molecule has 4 nitrogen and oxygen atoms in total. The number of benzene rings is 3. The Morgan fingerprint density at radius 2 is 1.50 bits per heavy atom. The highest BCUT2D eigenvalue weighted by Crippen LogP contribution is 2.27. The molecule has 0 atom stereocenters. The van der Waals surface area contributed by atoms with Crippen LogP contribution in [0.3, 0.4) is 0 Å². The summed E-state index contributed by atoms with van der Waals surface area (Å²) in [5, 5.41) is 7.11. The van der Waals surface area contributed by atoms with Gasteiger partial charge >= 0.3 is 0 Å². The summed E-state index contributed by atoms with van der Waals surface area (Å²) in [6.07, 6.45) is 0. The molecule has 0 aliphatic heterocycles. The van der Waals surface area contributed by atoms with Gasteiger partial charge in [0.1, 0.15) is 0 Å². The highest BCUT2D eigenvalue weighted by molar-refractivity contribution is 8.00. The van der Waals surface area contributed by atoms with Crippen LogP contribution in [0.25, 0.3) is 0 Å². The van der Waals surface area contributed by atoms with Crippen LogP contribution in [0.5, 0.6) is 0 Å². The maximum absolute atomic E-state index is 12.5. The van der Waals surface area contributed by atoms with E-state index in [1.54, 1.807) is 48.5 Å². The van der Waals surface area contributed by atoms with E-state index in [9.17, 15) is 9.59 Å². The monoisotopic (exact) mass is 498 g/mol. The van der Waals surface area contributed by atoms with E-state index in [4.69, 9.17) is 46.4 Å². The number of amides is 2. The van der Waals surface area contributed by atoms with Crippen molar-refractivity contribution in [2.24, 2.45) is 0 Å². The molecule has 0 aromatic heterocycles. The van der Waals surface area contributed by atoms with Crippen LogP contribution in [0, 0.1) is 0 Å². The van der Waals surface area contributed by atoms with Gasteiger partial charge in [0, 0.05) is 20.6 Å². The summed E-state index contributed by atoms with van der Waals surface area (Å²) in [7, 11) is 0. The Bertz CT molecular complexity index is 1110. The summed E-state index contributed by atoms with van der Waals surface area (Å²) < 4.78 is 0. The Kier molecular flexibility index (Phi) is 7.92. The molecule has 3 aromatic rings. The van der Waals surface area contributed by atoms with Gasteiger partial charge in [-0.2, -0.15) is 0 Å². The van der Waals surface area contributed by atoms with Gasteiger partial charge in [-0.15, -0.1) is 11.8 Å². The van der Waals surface area contributed by atoms with Gasteiger partial charge in [-0.25, -0.2) is 0 Å². The van der Waals surface area contributed by atoms with E-state index in [0.29, 0.717) is 32.0 Å². The molecule has 0 unspecified atom stereocenters. The van der Waals surface area contributed by atoms with Crippen molar-refractivity contribution in [2.45, 2.75) is 4.90 Å². The summed E-state index contributed by atoms with van der Waals surface area (Å²) in [4.78, 5) is 25.5. The second-order valence-electron chi connectivity index (χ2n) is 6.07. The predicted molar refractivity (Wildman–Crippen MR) is 127 cm³/mol. The minimum absolute atomic E-state index is 0.166. The number of nitrogens with one attached hydrogen (secondary N) is 2. The summed E-state index contributed by atoms with van der Waals surface area (Å²) in [6.45, 7) is 0. The summed E-state index contributed by atoms with van der Waals surface area (Å²) in [5.74, 6) is -0.403. The fourth-order valence-corrected chi connectivity index (χ4v) is 4.17. The molecule has 3 rings (SSSR count). The number of carbonyl (C=O) groups excluding carboxylic acids is 2. The van der Waals surface area contributed by atoms with Gasteiger partial charge in [0.25, 0.3) is 5.91 Å². The molecule has 3 aromatic carbocycles.